The summed E-state index contributed by atoms with van der Waals surface area (Å²) < 4.78 is 0. The van der Waals surface area contributed by atoms with Crippen molar-refractivity contribution < 1.29 is 0 Å². The van der Waals surface area contributed by atoms with Crippen molar-refractivity contribution in [2.24, 2.45) is 5.41 Å². The van der Waals surface area contributed by atoms with Crippen molar-refractivity contribution in [2.45, 2.75) is 59.6 Å². The van der Waals surface area contributed by atoms with Gasteiger partial charge in [0, 0.05) is 0 Å². The lowest BCUT2D eigenvalue weighted by atomic mass is 9.68. The highest BCUT2D eigenvalue weighted by molar-refractivity contribution is 6.35. The van der Waals surface area contributed by atoms with Crippen molar-refractivity contribution in [1.29, 1.82) is 0 Å². The van der Waals surface area contributed by atoms with Gasteiger partial charge in [0.15, 0.2) is 0 Å². The van der Waals surface area contributed by atoms with Crippen LogP contribution in [0.3, 0.4) is 0 Å². The van der Waals surface area contributed by atoms with E-state index in [1.54, 1.807) is 0 Å². The molecule has 0 radical (unpaired) electrons. The summed E-state index contributed by atoms with van der Waals surface area (Å²) in [6.45, 7) is 9.25. The average Bonchev–Trinajstić information content (AvgIpc) is 1.85. The lowest BCUT2D eigenvalue weighted by Crippen LogP contribution is -2.04. The summed E-state index contributed by atoms with van der Waals surface area (Å²) in [4.78, 5) is 0. The zero-order chi connectivity index (χ0) is 8.74. The number of hydrogen-bond acceptors (Lipinski definition) is 0. The first kappa shape index (κ1) is 11.1. The molecule has 0 saturated carbocycles. The topological polar surface area (TPSA) is 0 Å². The van der Waals surface area contributed by atoms with E-state index < -0.39 is 0 Å². The molecule has 0 fully saturated rings. The molecule has 0 aliphatic carbocycles. The van der Waals surface area contributed by atoms with E-state index in [1.165, 1.54) is 39.2 Å². The Hall–Kier alpha value is 0.0649. The molecule has 0 amide bonds. The molecule has 0 heterocycles. The average molecular weight is 154 g/mol. The monoisotopic (exact) mass is 154 g/mol. The van der Waals surface area contributed by atoms with Crippen LogP contribution in [0.1, 0.15) is 47.0 Å². The number of rotatable bonds is 5. The third kappa shape index (κ3) is 10.1. The second-order valence-electron chi connectivity index (χ2n) is 4.72. The highest BCUT2D eigenvalue weighted by Gasteiger charge is 2.08. The summed E-state index contributed by atoms with van der Waals surface area (Å²) in [7, 11) is 1.44. The third-order valence-corrected chi connectivity index (χ3v) is 2.03. The molecular formula is C10H23B. The minimum atomic E-state index is 0.548. The highest BCUT2D eigenvalue weighted by atomic mass is 14.1. The van der Waals surface area contributed by atoms with E-state index in [1.807, 2.05) is 0 Å². The molecule has 0 aromatic rings. The Balaban J connectivity index is 3.02. The maximum absolute atomic E-state index is 2.33. The fourth-order valence-electron chi connectivity index (χ4n) is 1.26. The van der Waals surface area contributed by atoms with E-state index in [0.717, 1.165) is 0 Å². The number of hydrogen-bond donors (Lipinski definition) is 0. The van der Waals surface area contributed by atoms with Gasteiger partial charge in [-0.05, 0) is 11.8 Å². The van der Waals surface area contributed by atoms with Crippen LogP contribution in [0.2, 0.25) is 12.6 Å². The molecule has 0 aromatic heterocycles. The van der Waals surface area contributed by atoms with Crippen LogP contribution in [0.15, 0.2) is 0 Å². The van der Waals surface area contributed by atoms with Crippen molar-refractivity contribution >= 4 is 7.28 Å². The van der Waals surface area contributed by atoms with Crippen molar-refractivity contribution in [3.63, 3.8) is 0 Å². The Morgan fingerprint density at radius 3 is 2.18 bits per heavy atom. The molecule has 0 aliphatic heterocycles. The van der Waals surface area contributed by atoms with Gasteiger partial charge in [0.2, 0.25) is 0 Å². The van der Waals surface area contributed by atoms with Crippen molar-refractivity contribution in [3.05, 3.63) is 0 Å². The first-order valence-corrected chi connectivity index (χ1v) is 5.06. The summed E-state index contributed by atoms with van der Waals surface area (Å²) >= 11 is 0. The Morgan fingerprint density at radius 2 is 1.73 bits per heavy atom. The highest BCUT2D eigenvalue weighted by Crippen LogP contribution is 2.21. The second kappa shape index (κ2) is 5.68. The van der Waals surface area contributed by atoms with Crippen molar-refractivity contribution in [2.75, 3.05) is 0 Å². The van der Waals surface area contributed by atoms with Gasteiger partial charge < -0.3 is 0 Å². The van der Waals surface area contributed by atoms with Crippen LogP contribution >= 0.6 is 0 Å². The van der Waals surface area contributed by atoms with Crippen molar-refractivity contribution in [1.82, 2.24) is 0 Å². The van der Waals surface area contributed by atoms with Crippen LogP contribution < -0.4 is 0 Å². The Labute approximate surface area is 73.0 Å². The molecule has 0 aliphatic rings. The van der Waals surface area contributed by atoms with Gasteiger partial charge in [0.1, 0.15) is 7.28 Å². The Morgan fingerprint density at radius 1 is 1.09 bits per heavy atom. The lowest BCUT2D eigenvalue weighted by Gasteiger charge is -2.17. The largest absolute Gasteiger partial charge is 0.120 e. The smallest absolute Gasteiger partial charge is 0.0777 e. The molecular weight excluding hydrogens is 131 g/mol. The molecule has 11 heavy (non-hydrogen) atoms. The van der Waals surface area contributed by atoms with Gasteiger partial charge >= 0.3 is 0 Å². The predicted octanol–water partition coefficient (Wildman–Crippen LogP) is 3.50. The van der Waals surface area contributed by atoms with Gasteiger partial charge in [-0.2, -0.15) is 0 Å². The van der Waals surface area contributed by atoms with Crippen LogP contribution in [0.5, 0.6) is 0 Å². The molecule has 0 unspecified atom stereocenters. The van der Waals surface area contributed by atoms with Gasteiger partial charge in [-0.3, -0.25) is 0 Å². The predicted molar refractivity (Wildman–Crippen MR) is 55.7 cm³/mol. The molecule has 0 N–H and O–H groups in total. The summed E-state index contributed by atoms with van der Waals surface area (Å²) in [5.74, 6) is 0. The van der Waals surface area contributed by atoms with Crippen molar-refractivity contribution in [3.8, 4) is 0 Å². The normalized spacial score (nSPS) is 11.6. The maximum atomic E-state index is 2.33. The van der Waals surface area contributed by atoms with Crippen LogP contribution in [0.4, 0.5) is 0 Å². The molecule has 0 saturated heterocycles. The quantitative estimate of drug-likeness (QED) is 0.420. The maximum Gasteiger partial charge on any atom is 0.120 e. The fourth-order valence-corrected chi connectivity index (χ4v) is 1.26. The summed E-state index contributed by atoms with van der Waals surface area (Å²) in [6, 6.07) is 0. The van der Waals surface area contributed by atoms with E-state index in [2.05, 4.69) is 27.7 Å². The second-order valence-corrected chi connectivity index (χ2v) is 4.72. The minimum Gasteiger partial charge on any atom is -0.0777 e. The Kier molecular flexibility index (Phi) is 5.72. The first-order valence-electron chi connectivity index (χ1n) is 5.06. The van der Waals surface area contributed by atoms with E-state index in [4.69, 9.17) is 0 Å². The van der Waals surface area contributed by atoms with Gasteiger partial charge in [0.25, 0.3) is 0 Å². The standard InChI is InChI=1S/C10H23B/c1-5-8-11-9-6-7-10(2,3)4/h11H,5-9H2,1-4H3. The summed E-state index contributed by atoms with van der Waals surface area (Å²) in [5, 5.41) is 0. The molecule has 0 atom stereocenters. The van der Waals surface area contributed by atoms with E-state index >= 15 is 0 Å². The fraction of sp³-hybridized carbons (Fsp3) is 1.00. The molecule has 66 valence electrons. The summed E-state index contributed by atoms with van der Waals surface area (Å²) in [6.07, 6.45) is 7.02. The molecule has 1 heteroatoms. The molecule has 0 aromatic carbocycles. The summed E-state index contributed by atoms with van der Waals surface area (Å²) in [5.41, 5.74) is 0.548. The van der Waals surface area contributed by atoms with Crippen LogP contribution in [-0.4, -0.2) is 7.28 Å². The molecule has 0 spiro atoms. The van der Waals surface area contributed by atoms with Crippen LogP contribution in [-0.2, 0) is 0 Å². The molecule has 0 nitrogen and oxygen atoms in total. The molecule has 0 bridgehead atoms. The van der Waals surface area contributed by atoms with Crippen LogP contribution in [0, 0.1) is 5.41 Å². The van der Waals surface area contributed by atoms with Crippen LogP contribution in [0.25, 0.3) is 0 Å². The van der Waals surface area contributed by atoms with Gasteiger partial charge in [0.05, 0.1) is 0 Å². The van der Waals surface area contributed by atoms with Gasteiger partial charge in [-0.1, -0.05) is 53.2 Å². The van der Waals surface area contributed by atoms with E-state index in [0.29, 0.717) is 5.41 Å². The minimum absolute atomic E-state index is 0.548. The third-order valence-electron chi connectivity index (χ3n) is 2.03. The first-order chi connectivity index (χ1) is 5.06. The van der Waals surface area contributed by atoms with E-state index in [-0.39, 0.29) is 0 Å². The van der Waals surface area contributed by atoms with Gasteiger partial charge in [-0.15, -0.1) is 0 Å². The zero-order valence-electron chi connectivity index (χ0n) is 8.74. The Bertz CT molecular complexity index is 81.4. The SMILES string of the molecule is CCCBCCCC(C)(C)C. The molecule has 0 rings (SSSR count). The van der Waals surface area contributed by atoms with E-state index in [9.17, 15) is 0 Å². The van der Waals surface area contributed by atoms with Gasteiger partial charge in [-0.25, -0.2) is 0 Å². The zero-order valence-corrected chi connectivity index (χ0v) is 8.74. The lowest BCUT2D eigenvalue weighted by molar-refractivity contribution is 0.373.